The topological polar surface area (TPSA) is 69.7 Å². The molecule has 0 aromatic rings. The molecule has 104 valence electrons. The minimum absolute atomic E-state index is 0.277. The van der Waals surface area contributed by atoms with E-state index in [4.69, 9.17) is 8.92 Å². The van der Waals surface area contributed by atoms with Crippen LogP contribution in [0.4, 0.5) is 0 Å². The van der Waals surface area contributed by atoms with Crippen molar-refractivity contribution >= 4 is 16.1 Å². The molecular weight excluding hydrogens is 256 g/mol. The van der Waals surface area contributed by atoms with Gasteiger partial charge in [0.2, 0.25) is 0 Å². The second kappa shape index (κ2) is 4.49. The number of hydrogen-bond acceptors (Lipinski definition) is 5. The summed E-state index contributed by atoms with van der Waals surface area (Å²) >= 11 is 0. The van der Waals surface area contributed by atoms with Crippen LogP contribution in [0.25, 0.3) is 0 Å². The van der Waals surface area contributed by atoms with E-state index in [-0.39, 0.29) is 5.97 Å². The van der Waals surface area contributed by atoms with Crippen molar-refractivity contribution in [3.05, 3.63) is 0 Å². The van der Waals surface area contributed by atoms with Gasteiger partial charge in [0.1, 0.15) is 12.2 Å². The molecule has 0 spiro atoms. The lowest BCUT2D eigenvalue weighted by atomic mass is 9.89. The Kier molecular flexibility index (Phi) is 3.44. The molecule has 3 unspecified atom stereocenters. The van der Waals surface area contributed by atoms with Crippen molar-refractivity contribution in [3.63, 3.8) is 0 Å². The van der Waals surface area contributed by atoms with Gasteiger partial charge in [0.25, 0.3) is 10.1 Å². The number of ether oxygens (including phenoxy) is 1. The van der Waals surface area contributed by atoms with Crippen LogP contribution in [0.15, 0.2) is 0 Å². The van der Waals surface area contributed by atoms with Gasteiger partial charge in [-0.2, -0.15) is 8.42 Å². The molecule has 6 heteroatoms. The summed E-state index contributed by atoms with van der Waals surface area (Å²) in [6.45, 7) is 5.58. The number of rotatable bonds is 3. The van der Waals surface area contributed by atoms with Crippen LogP contribution in [0, 0.1) is 5.41 Å². The Morgan fingerprint density at radius 1 is 1.39 bits per heavy atom. The molecular formula is C12H20O5S. The van der Waals surface area contributed by atoms with Gasteiger partial charge in [-0.15, -0.1) is 0 Å². The Bertz CT molecular complexity index is 439. The fraction of sp³-hybridized carbons (Fsp3) is 0.917. The maximum absolute atomic E-state index is 12.0. The van der Waals surface area contributed by atoms with Crippen molar-refractivity contribution < 1.29 is 22.1 Å². The molecule has 2 rings (SSSR count). The zero-order valence-electron chi connectivity index (χ0n) is 11.0. The van der Waals surface area contributed by atoms with E-state index >= 15 is 0 Å². The third kappa shape index (κ3) is 2.40. The summed E-state index contributed by atoms with van der Waals surface area (Å²) < 4.78 is 33.6. The summed E-state index contributed by atoms with van der Waals surface area (Å²) in [4.78, 5) is 12.0. The summed E-state index contributed by atoms with van der Waals surface area (Å²) in [5, 5.41) is -0.406. The van der Waals surface area contributed by atoms with Crippen LogP contribution >= 0.6 is 0 Å². The fourth-order valence-electron chi connectivity index (χ4n) is 2.26. The molecule has 1 heterocycles. The minimum atomic E-state index is -3.42. The van der Waals surface area contributed by atoms with Crippen LogP contribution in [0.1, 0.15) is 46.5 Å². The second-order valence-corrected chi connectivity index (χ2v) is 7.59. The largest absolute Gasteiger partial charge is 0.459 e. The van der Waals surface area contributed by atoms with Crippen LogP contribution in [0.2, 0.25) is 0 Å². The molecule has 5 nitrogen and oxygen atoms in total. The molecule has 2 bridgehead atoms. The first-order chi connectivity index (χ1) is 8.26. The average Bonchev–Trinajstić information content (AvgIpc) is 2.54. The van der Waals surface area contributed by atoms with E-state index in [0.717, 1.165) is 0 Å². The SMILES string of the molecule is CCC(C)(C)C(=O)OC1CCC2CC1OS2(=O)=O. The maximum atomic E-state index is 12.0. The highest BCUT2D eigenvalue weighted by Crippen LogP contribution is 2.38. The van der Waals surface area contributed by atoms with Crippen LogP contribution < -0.4 is 0 Å². The zero-order chi connectivity index (χ0) is 13.6. The predicted octanol–water partition coefficient (Wildman–Crippen LogP) is 1.62. The molecule has 3 atom stereocenters. The maximum Gasteiger partial charge on any atom is 0.311 e. The smallest absolute Gasteiger partial charge is 0.311 e. The van der Waals surface area contributed by atoms with Gasteiger partial charge in [0, 0.05) is 0 Å². The van der Waals surface area contributed by atoms with Gasteiger partial charge in [0.05, 0.1) is 10.7 Å². The molecule has 0 radical (unpaired) electrons. The van der Waals surface area contributed by atoms with E-state index in [2.05, 4.69) is 0 Å². The highest BCUT2D eigenvalue weighted by molar-refractivity contribution is 7.87. The van der Waals surface area contributed by atoms with Crippen LogP contribution in [0.5, 0.6) is 0 Å². The van der Waals surface area contributed by atoms with Crippen molar-refractivity contribution in [1.82, 2.24) is 0 Å². The third-order valence-corrected chi connectivity index (χ3v) is 5.80. The first-order valence-corrected chi connectivity index (χ1v) is 7.86. The lowest BCUT2D eigenvalue weighted by Gasteiger charge is -2.29. The Balaban J connectivity index is 2.03. The molecule has 0 aromatic carbocycles. The van der Waals surface area contributed by atoms with E-state index in [9.17, 15) is 13.2 Å². The summed E-state index contributed by atoms with van der Waals surface area (Å²) in [6.07, 6.45) is 1.32. The van der Waals surface area contributed by atoms with Crippen LogP contribution in [-0.2, 0) is 23.8 Å². The minimum Gasteiger partial charge on any atom is -0.459 e. The van der Waals surface area contributed by atoms with Crippen LogP contribution in [-0.4, -0.2) is 31.8 Å². The molecule has 1 aliphatic heterocycles. The number of fused-ring (bicyclic) bond motifs is 2. The number of carbonyl (C=O) groups is 1. The average molecular weight is 276 g/mol. The molecule has 2 fully saturated rings. The lowest BCUT2D eigenvalue weighted by Crippen LogP contribution is -2.38. The summed E-state index contributed by atoms with van der Waals surface area (Å²) in [5.41, 5.74) is -0.533. The van der Waals surface area contributed by atoms with Crippen molar-refractivity contribution in [2.45, 2.75) is 63.9 Å². The highest BCUT2D eigenvalue weighted by Gasteiger charge is 2.49. The van der Waals surface area contributed by atoms with Gasteiger partial charge in [-0.25, -0.2) is 0 Å². The van der Waals surface area contributed by atoms with Gasteiger partial charge in [-0.05, 0) is 39.5 Å². The fourth-order valence-corrected chi connectivity index (χ4v) is 3.81. The first kappa shape index (κ1) is 13.8. The Hall–Kier alpha value is -0.620. The van der Waals surface area contributed by atoms with Crippen LogP contribution in [0.3, 0.4) is 0 Å². The number of hydrogen-bond donors (Lipinski definition) is 0. The summed E-state index contributed by atoms with van der Waals surface area (Å²) in [5.74, 6) is -0.277. The van der Waals surface area contributed by atoms with E-state index in [1.807, 2.05) is 20.8 Å². The Morgan fingerprint density at radius 3 is 2.67 bits per heavy atom. The highest BCUT2D eigenvalue weighted by atomic mass is 32.2. The summed E-state index contributed by atoms with van der Waals surface area (Å²) in [7, 11) is -3.42. The molecule has 2 aliphatic rings. The van der Waals surface area contributed by atoms with Gasteiger partial charge in [-0.1, -0.05) is 6.92 Å². The van der Waals surface area contributed by atoms with E-state index in [1.165, 1.54) is 0 Å². The monoisotopic (exact) mass is 276 g/mol. The lowest BCUT2D eigenvalue weighted by molar-refractivity contribution is -0.165. The van der Waals surface area contributed by atoms with Crippen molar-refractivity contribution in [2.24, 2.45) is 5.41 Å². The molecule has 0 amide bonds. The standard InChI is InChI=1S/C12H20O5S/c1-4-12(2,3)11(13)16-9-6-5-8-7-10(9)17-18(8,14)15/h8-10H,4-7H2,1-3H3. The van der Waals surface area contributed by atoms with Gasteiger partial charge < -0.3 is 4.74 Å². The van der Waals surface area contributed by atoms with Crippen molar-refractivity contribution in [3.8, 4) is 0 Å². The summed E-state index contributed by atoms with van der Waals surface area (Å²) in [6, 6.07) is 0. The molecule has 1 aliphatic carbocycles. The first-order valence-electron chi connectivity index (χ1n) is 6.39. The van der Waals surface area contributed by atoms with E-state index in [1.54, 1.807) is 0 Å². The van der Waals surface area contributed by atoms with Gasteiger partial charge in [0.15, 0.2) is 0 Å². The number of esters is 1. The quantitative estimate of drug-likeness (QED) is 0.578. The molecule has 18 heavy (non-hydrogen) atoms. The van der Waals surface area contributed by atoms with E-state index < -0.39 is 33.0 Å². The molecule has 0 aromatic heterocycles. The third-order valence-electron chi connectivity index (χ3n) is 4.04. The predicted molar refractivity (Wildman–Crippen MR) is 65.4 cm³/mol. The molecule has 0 N–H and O–H groups in total. The second-order valence-electron chi connectivity index (χ2n) is 5.74. The number of carbonyl (C=O) groups excluding carboxylic acids is 1. The van der Waals surface area contributed by atoms with E-state index in [0.29, 0.717) is 25.7 Å². The molecule has 1 saturated heterocycles. The Morgan fingerprint density at radius 2 is 2.06 bits per heavy atom. The van der Waals surface area contributed by atoms with Gasteiger partial charge >= 0.3 is 5.97 Å². The van der Waals surface area contributed by atoms with Crippen molar-refractivity contribution in [1.29, 1.82) is 0 Å². The Labute approximate surface area is 108 Å². The normalized spacial score (nSPS) is 34.3. The molecule has 1 saturated carbocycles. The van der Waals surface area contributed by atoms with Crippen molar-refractivity contribution in [2.75, 3.05) is 0 Å². The zero-order valence-corrected chi connectivity index (χ0v) is 11.8. The van der Waals surface area contributed by atoms with Gasteiger partial charge in [-0.3, -0.25) is 8.98 Å².